The van der Waals surface area contributed by atoms with Crippen molar-refractivity contribution in [2.75, 3.05) is 11.9 Å². The van der Waals surface area contributed by atoms with Crippen molar-refractivity contribution in [2.45, 2.75) is 19.5 Å². The zero-order valence-corrected chi connectivity index (χ0v) is 16.7. The molecule has 4 rings (SSSR count). The summed E-state index contributed by atoms with van der Waals surface area (Å²) in [6.07, 6.45) is 2.53. The smallest absolute Gasteiger partial charge is 0.268 e. The molecule has 1 N–H and O–H groups in total. The van der Waals surface area contributed by atoms with Gasteiger partial charge >= 0.3 is 0 Å². The predicted molar refractivity (Wildman–Crippen MR) is 113 cm³/mol. The van der Waals surface area contributed by atoms with Gasteiger partial charge in [-0.15, -0.1) is 22.7 Å². The number of fused-ring (bicyclic) bond motifs is 1. The van der Waals surface area contributed by atoms with Crippen molar-refractivity contribution in [3.05, 3.63) is 74.4 Å². The summed E-state index contributed by atoms with van der Waals surface area (Å²) in [7, 11) is 0. The number of benzene rings is 1. The van der Waals surface area contributed by atoms with Crippen LogP contribution in [0.1, 0.15) is 21.0 Å². The van der Waals surface area contributed by atoms with Gasteiger partial charge in [0.05, 0.1) is 5.69 Å². The number of aromatic nitrogens is 1. The molecule has 1 aliphatic rings. The van der Waals surface area contributed by atoms with E-state index in [2.05, 4.69) is 39.5 Å². The van der Waals surface area contributed by atoms with Gasteiger partial charge in [-0.05, 0) is 29.5 Å². The predicted octanol–water partition coefficient (Wildman–Crippen LogP) is 4.31. The van der Waals surface area contributed by atoms with Gasteiger partial charge in [0.2, 0.25) is 0 Å². The van der Waals surface area contributed by atoms with E-state index in [0.29, 0.717) is 5.13 Å². The molecular weight excluding hydrogens is 388 g/mol. The zero-order chi connectivity index (χ0) is 19.3. The first-order chi connectivity index (χ1) is 13.7. The molecule has 140 valence electrons. The van der Waals surface area contributed by atoms with E-state index < -0.39 is 5.91 Å². The highest BCUT2D eigenvalue weighted by atomic mass is 32.1. The molecule has 0 aliphatic carbocycles. The Kier molecular flexibility index (Phi) is 5.63. The third kappa shape index (κ3) is 4.37. The van der Waals surface area contributed by atoms with Crippen LogP contribution in [0.4, 0.5) is 5.13 Å². The molecule has 0 bridgehead atoms. The van der Waals surface area contributed by atoms with Crippen LogP contribution in [-0.2, 0) is 24.3 Å². The van der Waals surface area contributed by atoms with Crippen LogP contribution >= 0.6 is 22.7 Å². The number of hydrogen-bond acceptors (Lipinski definition) is 6. The Balaban J connectivity index is 1.43. The monoisotopic (exact) mass is 406 g/mol. The van der Waals surface area contributed by atoms with Crippen molar-refractivity contribution < 1.29 is 4.79 Å². The van der Waals surface area contributed by atoms with Crippen LogP contribution in [0.15, 0.2) is 53.4 Å². The molecule has 0 spiro atoms. The maximum Gasteiger partial charge on any atom is 0.268 e. The second-order valence-electron chi connectivity index (χ2n) is 6.47. The Bertz CT molecular complexity index is 1030. The third-order valence-corrected chi connectivity index (χ3v) is 6.36. The summed E-state index contributed by atoms with van der Waals surface area (Å²) in [6.45, 7) is 2.63. The number of nitrogens with zero attached hydrogens (tertiary/aromatic N) is 3. The van der Waals surface area contributed by atoms with E-state index in [9.17, 15) is 10.1 Å². The lowest BCUT2D eigenvalue weighted by molar-refractivity contribution is -0.112. The average molecular weight is 407 g/mol. The van der Waals surface area contributed by atoms with Crippen molar-refractivity contribution in [1.29, 1.82) is 5.26 Å². The molecule has 1 aromatic carbocycles. The van der Waals surface area contributed by atoms with Crippen LogP contribution in [0.2, 0.25) is 0 Å². The lowest BCUT2D eigenvalue weighted by Crippen LogP contribution is -2.29. The minimum atomic E-state index is -0.414. The van der Waals surface area contributed by atoms with Crippen molar-refractivity contribution in [3.63, 3.8) is 0 Å². The summed E-state index contributed by atoms with van der Waals surface area (Å²) in [4.78, 5) is 21.5. The average Bonchev–Trinajstić information content (AvgIpc) is 3.35. The maximum absolute atomic E-state index is 12.4. The normalized spacial score (nSPS) is 14.3. The SMILES string of the molecule is N#C/C(=C\c1cccs1)C(=O)Nc1nc2c(s1)CCN(Cc1ccccc1)C2. The van der Waals surface area contributed by atoms with Gasteiger partial charge in [-0.25, -0.2) is 4.98 Å². The van der Waals surface area contributed by atoms with E-state index in [-0.39, 0.29) is 5.57 Å². The van der Waals surface area contributed by atoms with Gasteiger partial charge in [0.25, 0.3) is 5.91 Å². The molecule has 1 aliphatic heterocycles. The zero-order valence-electron chi connectivity index (χ0n) is 15.1. The first kappa shape index (κ1) is 18.6. The molecule has 0 unspecified atom stereocenters. The second kappa shape index (κ2) is 8.48. The largest absolute Gasteiger partial charge is 0.297 e. The number of thiazole rings is 1. The molecule has 3 aromatic rings. The fraction of sp³-hybridized carbons (Fsp3) is 0.190. The number of nitrogens with one attached hydrogen (secondary N) is 1. The molecule has 28 heavy (non-hydrogen) atoms. The Hall–Kier alpha value is -2.79. The fourth-order valence-corrected chi connectivity index (χ4v) is 4.72. The van der Waals surface area contributed by atoms with Gasteiger partial charge in [-0.1, -0.05) is 36.4 Å². The first-order valence-corrected chi connectivity index (χ1v) is 10.6. The van der Waals surface area contributed by atoms with Gasteiger partial charge in [0.15, 0.2) is 5.13 Å². The Morgan fingerprint density at radius 1 is 1.29 bits per heavy atom. The van der Waals surface area contributed by atoms with E-state index in [1.807, 2.05) is 29.6 Å². The lowest BCUT2D eigenvalue weighted by atomic mass is 10.1. The molecule has 0 saturated heterocycles. The summed E-state index contributed by atoms with van der Waals surface area (Å²) >= 11 is 2.99. The number of nitriles is 1. The molecule has 0 radical (unpaired) electrons. The Morgan fingerprint density at radius 2 is 2.14 bits per heavy atom. The number of thiophene rings is 1. The van der Waals surface area contributed by atoms with E-state index >= 15 is 0 Å². The summed E-state index contributed by atoms with van der Waals surface area (Å²) in [5, 5.41) is 14.6. The molecular formula is C21H18N4OS2. The van der Waals surface area contributed by atoms with Crippen LogP contribution in [-0.4, -0.2) is 22.3 Å². The van der Waals surface area contributed by atoms with Crippen LogP contribution < -0.4 is 5.32 Å². The molecule has 0 atom stereocenters. The number of rotatable bonds is 5. The standard InChI is InChI=1S/C21H18N4OS2/c22-12-16(11-17-7-4-10-27-17)20(26)24-21-23-18-14-25(9-8-19(18)28-21)13-15-5-2-1-3-6-15/h1-7,10-11H,8-9,13-14H2,(H,23,24,26)/b16-11+. The van der Waals surface area contributed by atoms with Crippen LogP contribution in [0.25, 0.3) is 6.08 Å². The van der Waals surface area contributed by atoms with Crippen molar-refractivity contribution in [1.82, 2.24) is 9.88 Å². The summed E-state index contributed by atoms with van der Waals surface area (Å²) < 4.78 is 0. The molecule has 1 amide bonds. The van der Waals surface area contributed by atoms with Crippen LogP contribution in [0.5, 0.6) is 0 Å². The molecule has 0 fully saturated rings. The van der Waals surface area contributed by atoms with Crippen molar-refractivity contribution in [3.8, 4) is 6.07 Å². The lowest BCUT2D eigenvalue weighted by Gasteiger charge is -2.25. The van der Waals surface area contributed by atoms with Crippen LogP contribution in [0.3, 0.4) is 0 Å². The minimum Gasteiger partial charge on any atom is -0.297 e. The second-order valence-corrected chi connectivity index (χ2v) is 8.54. The first-order valence-electron chi connectivity index (χ1n) is 8.93. The number of hydrogen-bond donors (Lipinski definition) is 1. The molecule has 7 heteroatoms. The van der Waals surface area contributed by atoms with Crippen molar-refractivity contribution >= 4 is 39.8 Å². The number of carbonyl (C=O) groups excluding carboxylic acids is 1. The van der Waals surface area contributed by atoms with Gasteiger partial charge in [-0.3, -0.25) is 15.0 Å². The molecule has 5 nitrogen and oxygen atoms in total. The van der Waals surface area contributed by atoms with E-state index in [4.69, 9.17) is 0 Å². The summed E-state index contributed by atoms with van der Waals surface area (Å²) in [5.74, 6) is -0.414. The number of carbonyl (C=O) groups is 1. The summed E-state index contributed by atoms with van der Waals surface area (Å²) in [5.41, 5.74) is 2.39. The highest BCUT2D eigenvalue weighted by Gasteiger charge is 2.22. The summed E-state index contributed by atoms with van der Waals surface area (Å²) in [6, 6.07) is 16.1. The Morgan fingerprint density at radius 3 is 2.89 bits per heavy atom. The van der Waals surface area contributed by atoms with E-state index in [1.54, 1.807) is 6.08 Å². The third-order valence-electron chi connectivity index (χ3n) is 4.47. The minimum absolute atomic E-state index is 0.0846. The maximum atomic E-state index is 12.4. The van der Waals surface area contributed by atoms with Crippen LogP contribution in [0, 0.1) is 11.3 Å². The Labute approximate surface area is 171 Å². The van der Waals surface area contributed by atoms with Gasteiger partial charge in [-0.2, -0.15) is 5.26 Å². The molecule has 2 aromatic heterocycles. The fourth-order valence-electron chi connectivity index (χ4n) is 3.11. The van der Waals surface area contributed by atoms with Gasteiger partial charge in [0, 0.05) is 29.4 Å². The number of amides is 1. The highest BCUT2D eigenvalue weighted by molar-refractivity contribution is 7.16. The van der Waals surface area contributed by atoms with Gasteiger partial charge < -0.3 is 0 Å². The van der Waals surface area contributed by atoms with E-state index in [0.717, 1.165) is 36.6 Å². The van der Waals surface area contributed by atoms with E-state index in [1.165, 1.54) is 33.1 Å². The highest BCUT2D eigenvalue weighted by Crippen LogP contribution is 2.29. The number of anilines is 1. The van der Waals surface area contributed by atoms with Crippen molar-refractivity contribution in [2.24, 2.45) is 0 Å². The quantitative estimate of drug-likeness (QED) is 0.506. The molecule has 3 heterocycles. The molecule has 0 saturated carbocycles. The topological polar surface area (TPSA) is 69.0 Å². The van der Waals surface area contributed by atoms with Gasteiger partial charge in [0.1, 0.15) is 11.6 Å².